The molecule has 0 fully saturated rings. The molecule has 2 aromatic carbocycles. The molecule has 0 aliphatic carbocycles. The average molecular weight is 382 g/mol. The third-order valence-corrected chi connectivity index (χ3v) is 4.96. The Morgan fingerprint density at radius 2 is 1.79 bits per heavy atom. The van der Waals surface area contributed by atoms with Crippen molar-refractivity contribution in [3.63, 3.8) is 0 Å². The van der Waals surface area contributed by atoms with E-state index < -0.39 is 23.2 Å². The number of furan rings is 1. The topological polar surface area (TPSA) is 66.3 Å². The number of H-pyrrole nitrogens is 1. The molecule has 0 spiro atoms. The predicted octanol–water partition coefficient (Wildman–Crippen LogP) is 4.39. The van der Waals surface area contributed by atoms with Crippen LogP contribution in [-0.4, -0.2) is 22.8 Å². The van der Waals surface area contributed by atoms with Crippen molar-refractivity contribution in [1.82, 2.24) is 9.88 Å². The Balaban J connectivity index is 1.75. The van der Waals surface area contributed by atoms with Gasteiger partial charge >= 0.3 is 0 Å². The van der Waals surface area contributed by atoms with Crippen molar-refractivity contribution >= 4 is 27.6 Å². The lowest BCUT2D eigenvalue weighted by Gasteiger charge is -2.25. The van der Waals surface area contributed by atoms with E-state index in [4.69, 9.17) is 4.42 Å². The van der Waals surface area contributed by atoms with Gasteiger partial charge in [-0.05, 0) is 42.1 Å². The summed E-state index contributed by atoms with van der Waals surface area (Å²) in [6.07, 6.45) is 1.41. The van der Waals surface area contributed by atoms with Gasteiger partial charge in [-0.25, -0.2) is 8.78 Å². The number of carbonyl (C=O) groups is 1. The molecule has 5 nitrogen and oxygen atoms in total. The molecule has 1 amide bonds. The van der Waals surface area contributed by atoms with Crippen LogP contribution in [0.4, 0.5) is 8.78 Å². The molecule has 1 atom stereocenters. The van der Waals surface area contributed by atoms with Gasteiger partial charge in [0, 0.05) is 18.6 Å². The minimum absolute atomic E-state index is 0.0211. The number of halogens is 2. The van der Waals surface area contributed by atoms with Crippen molar-refractivity contribution in [3.8, 4) is 0 Å². The lowest BCUT2D eigenvalue weighted by atomic mass is 10.0. The SMILES string of the molecule is CC(c1c[nH]c(=O)c2cc(F)c(F)cc12)N(C)C(=O)c1cc2ccccc2o1. The van der Waals surface area contributed by atoms with E-state index >= 15 is 0 Å². The number of carbonyl (C=O) groups excluding carboxylic acids is 1. The summed E-state index contributed by atoms with van der Waals surface area (Å²) in [5.41, 5.74) is 0.551. The number of amides is 1. The monoisotopic (exact) mass is 382 g/mol. The number of hydrogen-bond acceptors (Lipinski definition) is 3. The fraction of sp³-hybridized carbons (Fsp3) is 0.143. The van der Waals surface area contributed by atoms with Crippen LogP contribution in [0.15, 0.2) is 57.9 Å². The lowest BCUT2D eigenvalue weighted by Crippen LogP contribution is -2.30. The minimum Gasteiger partial charge on any atom is -0.451 e. The molecule has 28 heavy (non-hydrogen) atoms. The minimum atomic E-state index is -1.10. The fourth-order valence-corrected chi connectivity index (χ4v) is 3.26. The third kappa shape index (κ3) is 2.85. The molecular weight excluding hydrogens is 366 g/mol. The summed E-state index contributed by atoms with van der Waals surface area (Å²) in [6.45, 7) is 1.73. The van der Waals surface area contributed by atoms with E-state index in [-0.39, 0.29) is 22.4 Å². The van der Waals surface area contributed by atoms with Crippen LogP contribution in [-0.2, 0) is 0 Å². The van der Waals surface area contributed by atoms with E-state index in [2.05, 4.69) is 4.98 Å². The number of aromatic amines is 1. The second kappa shape index (κ2) is 6.60. The zero-order valence-electron chi connectivity index (χ0n) is 15.1. The van der Waals surface area contributed by atoms with Crippen LogP contribution in [0.3, 0.4) is 0 Å². The number of para-hydroxylation sites is 1. The van der Waals surface area contributed by atoms with Crippen LogP contribution in [0.2, 0.25) is 0 Å². The largest absolute Gasteiger partial charge is 0.451 e. The van der Waals surface area contributed by atoms with Crippen LogP contribution < -0.4 is 5.56 Å². The first-order chi connectivity index (χ1) is 13.4. The molecule has 0 aliphatic heterocycles. The molecule has 7 heteroatoms. The number of hydrogen-bond donors (Lipinski definition) is 1. The van der Waals surface area contributed by atoms with Crippen LogP contribution in [0.1, 0.15) is 29.1 Å². The Morgan fingerprint density at radius 3 is 2.50 bits per heavy atom. The molecule has 4 rings (SSSR count). The first-order valence-corrected chi connectivity index (χ1v) is 8.63. The van der Waals surface area contributed by atoms with Crippen molar-refractivity contribution < 1.29 is 18.0 Å². The second-order valence-corrected chi connectivity index (χ2v) is 6.63. The maximum absolute atomic E-state index is 13.8. The van der Waals surface area contributed by atoms with Gasteiger partial charge in [0.1, 0.15) is 5.58 Å². The Labute approximate surface area is 158 Å². The Bertz CT molecular complexity index is 1240. The van der Waals surface area contributed by atoms with Crippen LogP contribution in [0.5, 0.6) is 0 Å². The summed E-state index contributed by atoms with van der Waals surface area (Å²) in [6, 6.07) is 10.2. The van der Waals surface area contributed by atoms with Gasteiger partial charge < -0.3 is 14.3 Å². The van der Waals surface area contributed by atoms with E-state index in [1.54, 1.807) is 26.1 Å². The van der Waals surface area contributed by atoms with Crippen LogP contribution in [0, 0.1) is 11.6 Å². The fourth-order valence-electron chi connectivity index (χ4n) is 3.26. The van der Waals surface area contributed by atoms with Gasteiger partial charge in [0.2, 0.25) is 0 Å². The van der Waals surface area contributed by atoms with E-state index in [9.17, 15) is 18.4 Å². The maximum atomic E-state index is 13.8. The second-order valence-electron chi connectivity index (χ2n) is 6.63. The highest BCUT2D eigenvalue weighted by Gasteiger charge is 2.24. The molecule has 0 bridgehead atoms. The number of aromatic nitrogens is 1. The predicted molar refractivity (Wildman–Crippen MR) is 101 cm³/mol. The maximum Gasteiger partial charge on any atom is 0.289 e. The normalized spacial score (nSPS) is 12.4. The highest BCUT2D eigenvalue weighted by atomic mass is 19.2. The zero-order valence-corrected chi connectivity index (χ0v) is 15.1. The number of pyridine rings is 1. The van der Waals surface area contributed by atoms with Gasteiger partial charge in [0.15, 0.2) is 17.4 Å². The molecule has 0 saturated heterocycles. The van der Waals surface area contributed by atoms with E-state index in [0.29, 0.717) is 11.1 Å². The molecule has 0 aliphatic rings. The first kappa shape index (κ1) is 17.9. The van der Waals surface area contributed by atoms with E-state index in [1.165, 1.54) is 11.1 Å². The number of benzene rings is 2. The highest BCUT2D eigenvalue weighted by molar-refractivity contribution is 5.96. The molecule has 1 N–H and O–H groups in total. The van der Waals surface area contributed by atoms with Crippen molar-refractivity contribution in [3.05, 3.63) is 82.0 Å². The molecule has 2 heterocycles. The van der Waals surface area contributed by atoms with Gasteiger partial charge in [-0.1, -0.05) is 18.2 Å². The Kier molecular flexibility index (Phi) is 4.22. The molecule has 4 aromatic rings. The number of rotatable bonds is 3. The van der Waals surface area contributed by atoms with Crippen LogP contribution >= 0.6 is 0 Å². The Morgan fingerprint density at radius 1 is 1.11 bits per heavy atom. The summed E-state index contributed by atoms with van der Waals surface area (Å²) >= 11 is 0. The number of nitrogens with one attached hydrogen (secondary N) is 1. The van der Waals surface area contributed by atoms with Gasteiger partial charge in [-0.2, -0.15) is 0 Å². The molecule has 2 aromatic heterocycles. The number of fused-ring (bicyclic) bond motifs is 2. The molecule has 0 radical (unpaired) electrons. The molecule has 1 unspecified atom stereocenters. The van der Waals surface area contributed by atoms with Gasteiger partial charge in [0.25, 0.3) is 11.5 Å². The van der Waals surface area contributed by atoms with Crippen molar-refractivity contribution in [1.29, 1.82) is 0 Å². The van der Waals surface area contributed by atoms with E-state index in [0.717, 1.165) is 17.5 Å². The van der Waals surface area contributed by atoms with Crippen molar-refractivity contribution in [2.24, 2.45) is 0 Å². The zero-order chi connectivity index (χ0) is 20.0. The summed E-state index contributed by atoms with van der Waals surface area (Å²) in [4.78, 5) is 28.8. The third-order valence-electron chi connectivity index (χ3n) is 4.96. The molecule has 142 valence electrons. The van der Waals surface area contributed by atoms with Crippen molar-refractivity contribution in [2.75, 3.05) is 7.05 Å². The summed E-state index contributed by atoms with van der Waals surface area (Å²) in [5.74, 6) is -2.36. The summed E-state index contributed by atoms with van der Waals surface area (Å²) < 4.78 is 33.0. The van der Waals surface area contributed by atoms with Crippen LogP contribution in [0.25, 0.3) is 21.7 Å². The summed E-state index contributed by atoms with van der Waals surface area (Å²) in [5, 5.41) is 1.08. The average Bonchev–Trinajstić information content (AvgIpc) is 3.12. The standard InChI is InChI=1S/C21H16F2N2O3/c1-11(15-10-24-20(26)14-9-17(23)16(22)8-13(14)15)25(2)21(27)19-7-12-5-3-4-6-18(12)28-19/h3-11H,1-2H3,(H,24,26). The van der Waals surface area contributed by atoms with Gasteiger partial charge in [-0.15, -0.1) is 0 Å². The van der Waals surface area contributed by atoms with Crippen molar-refractivity contribution in [2.45, 2.75) is 13.0 Å². The van der Waals surface area contributed by atoms with Gasteiger partial charge in [-0.3, -0.25) is 9.59 Å². The smallest absolute Gasteiger partial charge is 0.289 e. The Hall–Kier alpha value is -3.48. The quantitative estimate of drug-likeness (QED) is 0.572. The first-order valence-electron chi connectivity index (χ1n) is 8.63. The number of nitrogens with zero attached hydrogens (tertiary/aromatic N) is 1. The van der Waals surface area contributed by atoms with E-state index in [1.807, 2.05) is 18.2 Å². The highest BCUT2D eigenvalue weighted by Crippen LogP contribution is 2.28. The molecule has 0 saturated carbocycles. The summed E-state index contributed by atoms with van der Waals surface area (Å²) in [7, 11) is 1.58. The molecular formula is C21H16F2N2O3. The van der Waals surface area contributed by atoms with Gasteiger partial charge in [0.05, 0.1) is 11.4 Å². The lowest BCUT2D eigenvalue weighted by molar-refractivity contribution is 0.0713.